The lowest BCUT2D eigenvalue weighted by Gasteiger charge is -2.26. The zero-order valence-electron chi connectivity index (χ0n) is 14.7. The maximum absolute atomic E-state index is 12.7. The number of nitrogens with zero attached hydrogens (tertiary/aromatic N) is 2. The summed E-state index contributed by atoms with van der Waals surface area (Å²) < 4.78 is 23.4. The molecule has 0 aliphatic carbocycles. The fraction of sp³-hybridized carbons (Fsp3) is 0.588. The van der Waals surface area contributed by atoms with Crippen molar-refractivity contribution in [3.05, 3.63) is 29.6 Å². The summed E-state index contributed by atoms with van der Waals surface area (Å²) in [6, 6.07) is 4.41. The van der Waals surface area contributed by atoms with E-state index < -0.39 is 9.84 Å². The summed E-state index contributed by atoms with van der Waals surface area (Å²) in [5.41, 5.74) is 0.353. The number of rotatable bonds is 7. The smallest absolute Gasteiger partial charge is 0.272 e. The van der Waals surface area contributed by atoms with Crippen molar-refractivity contribution < 1.29 is 18.0 Å². The van der Waals surface area contributed by atoms with Crippen LogP contribution in [0.25, 0.3) is 0 Å². The minimum Gasteiger partial charge on any atom is -0.351 e. The molecule has 2 heterocycles. The standard InChI is InChI=1S/C17H25N3O4S/c1-3-5-10-18-16(21)14-7-6-8-15(19-14)17(22)20(4-2)13-9-11-25(23,24)12-13/h6-8,13H,3-5,9-12H2,1-2H3,(H,18,21). The van der Waals surface area contributed by atoms with E-state index in [1.807, 2.05) is 13.8 Å². The lowest BCUT2D eigenvalue weighted by molar-refractivity contribution is 0.0702. The van der Waals surface area contributed by atoms with Crippen molar-refractivity contribution in [2.75, 3.05) is 24.6 Å². The number of hydrogen-bond acceptors (Lipinski definition) is 5. The van der Waals surface area contributed by atoms with Crippen LogP contribution in [-0.2, 0) is 9.84 Å². The maximum atomic E-state index is 12.7. The number of unbranched alkanes of at least 4 members (excludes halogenated alkanes) is 1. The molecule has 1 fully saturated rings. The van der Waals surface area contributed by atoms with E-state index in [1.54, 1.807) is 18.2 Å². The highest BCUT2D eigenvalue weighted by Crippen LogP contribution is 2.19. The highest BCUT2D eigenvalue weighted by Gasteiger charge is 2.34. The number of sulfone groups is 1. The zero-order valence-corrected chi connectivity index (χ0v) is 15.5. The van der Waals surface area contributed by atoms with E-state index in [9.17, 15) is 18.0 Å². The van der Waals surface area contributed by atoms with Crippen LogP contribution in [0, 0.1) is 0 Å². The van der Waals surface area contributed by atoms with Crippen LogP contribution in [0.2, 0.25) is 0 Å². The molecule has 1 atom stereocenters. The van der Waals surface area contributed by atoms with Crippen molar-refractivity contribution in [3.63, 3.8) is 0 Å². The Morgan fingerprint density at radius 1 is 1.28 bits per heavy atom. The van der Waals surface area contributed by atoms with Crippen LogP contribution < -0.4 is 5.32 Å². The summed E-state index contributed by atoms with van der Waals surface area (Å²) in [4.78, 5) is 30.6. The second-order valence-corrected chi connectivity index (χ2v) is 8.39. The molecule has 2 amide bonds. The van der Waals surface area contributed by atoms with Crippen molar-refractivity contribution >= 4 is 21.7 Å². The highest BCUT2D eigenvalue weighted by molar-refractivity contribution is 7.91. The van der Waals surface area contributed by atoms with Gasteiger partial charge >= 0.3 is 0 Å². The molecule has 0 spiro atoms. The molecule has 1 saturated heterocycles. The fourth-order valence-electron chi connectivity index (χ4n) is 2.89. The van der Waals surface area contributed by atoms with Crippen LogP contribution in [0.15, 0.2) is 18.2 Å². The first-order valence-corrected chi connectivity index (χ1v) is 10.5. The third-order valence-corrected chi connectivity index (χ3v) is 6.02. The molecule has 0 saturated carbocycles. The van der Waals surface area contributed by atoms with Gasteiger partial charge < -0.3 is 10.2 Å². The first-order chi connectivity index (χ1) is 11.9. The molecule has 1 N–H and O–H groups in total. The summed E-state index contributed by atoms with van der Waals surface area (Å²) in [5.74, 6) is -0.555. The minimum atomic E-state index is -3.08. The Morgan fingerprint density at radius 3 is 2.60 bits per heavy atom. The van der Waals surface area contributed by atoms with E-state index in [4.69, 9.17) is 0 Å². The van der Waals surface area contributed by atoms with Gasteiger partial charge in [0.1, 0.15) is 11.4 Å². The predicted molar refractivity (Wildman–Crippen MR) is 95.2 cm³/mol. The Balaban J connectivity index is 2.13. The van der Waals surface area contributed by atoms with Gasteiger partial charge in [0.2, 0.25) is 0 Å². The fourth-order valence-corrected chi connectivity index (χ4v) is 4.62. The maximum Gasteiger partial charge on any atom is 0.272 e. The molecule has 1 unspecified atom stereocenters. The molecule has 0 aromatic carbocycles. The SMILES string of the molecule is CCCCNC(=O)c1cccc(C(=O)N(CC)C2CCS(=O)(=O)C2)n1. The molecule has 138 valence electrons. The van der Waals surface area contributed by atoms with Gasteiger partial charge in [0.25, 0.3) is 11.8 Å². The van der Waals surface area contributed by atoms with Crippen LogP contribution in [0.4, 0.5) is 0 Å². The molecule has 1 aliphatic heterocycles. The van der Waals surface area contributed by atoms with Gasteiger partial charge in [-0.1, -0.05) is 19.4 Å². The van der Waals surface area contributed by atoms with Crippen LogP contribution >= 0.6 is 0 Å². The Hall–Kier alpha value is -1.96. The van der Waals surface area contributed by atoms with Crippen LogP contribution in [0.3, 0.4) is 0 Å². The molecular weight excluding hydrogens is 342 g/mol. The summed E-state index contributed by atoms with van der Waals surface area (Å²) in [6.45, 7) is 4.81. The number of amides is 2. The summed E-state index contributed by atoms with van der Waals surface area (Å²) in [5, 5.41) is 2.77. The number of hydrogen-bond donors (Lipinski definition) is 1. The van der Waals surface area contributed by atoms with Crippen molar-refractivity contribution in [1.82, 2.24) is 15.2 Å². The number of aromatic nitrogens is 1. The summed E-state index contributed by atoms with van der Waals surface area (Å²) in [6.07, 6.45) is 2.30. The quantitative estimate of drug-likeness (QED) is 0.732. The number of nitrogens with one attached hydrogen (secondary N) is 1. The molecule has 25 heavy (non-hydrogen) atoms. The van der Waals surface area contributed by atoms with Crippen molar-refractivity contribution in [3.8, 4) is 0 Å². The first kappa shape index (κ1) is 19.4. The van der Waals surface area contributed by atoms with E-state index in [-0.39, 0.29) is 40.7 Å². The van der Waals surface area contributed by atoms with Crippen LogP contribution in [0.1, 0.15) is 54.1 Å². The van der Waals surface area contributed by atoms with Gasteiger partial charge in [-0.2, -0.15) is 0 Å². The van der Waals surface area contributed by atoms with Crippen molar-refractivity contribution in [2.45, 2.75) is 39.2 Å². The topological polar surface area (TPSA) is 96.4 Å². The third-order valence-electron chi connectivity index (χ3n) is 4.27. The molecular formula is C17H25N3O4S. The van der Waals surface area contributed by atoms with Crippen LogP contribution in [-0.4, -0.2) is 60.8 Å². The zero-order chi connectivity index (χ0) is 18.4. The van der Waals surface area contributed by atoms with Gasteiger partial charge in [-0.05, 0) is 31.9 Å². The predicted octanol–water partition coefficient (Wildman–Crippen LogP) is 1.26. The Labute approximate surface area is 148 Å². The Bertz CT molecular complexity index is 733. The molecule has 2 rings (SSSR count). The van der Waals surface area contributed by atoms with Gasteiger partial charge in [0.15, 0.2) is 9.84 Å². The number of carbonyl (C=O) groups is 2. The molecule has 7 nitrogen and oxygen atoms in total. The van der Waals surface area contributed by atoms with Crippen LogP contribution in [0.5, 0.6) is 0 Å². The van der Waals surface area contributed by atoms with Gasteiger partial charge in [-0.3, -0.25) is 9.59 Å². The normalized spacial score (nSPS) is 18.7. The van der Waals surface area contributed by atoms with E-state index in [0.717, 1.165) is 12.8 Å². The average Bonchev–Trinajstić information content (AvgIpc) is 2.95. The third kappa shape index (κ3) is 5.01. The monoisotopic (exact) mass is 367 g/mol. The summed E-state index contributed by atoms with van der Waals surface area (Å²) >= 11 is 0. The molecule has 1 aromatic heterocycles. The van der Waals surface area contributed by atoms with Crippen molar-refractivity contribution in [1.29, 1.82) is 0 Å². The highest BCUT2D eigenvalue weighted by atomic mass is 32.2. The lowest BCUT2D eigenvalue weighted by Crippen LogP contribution is -2.41. The largest absolute Gasteiger partial charge is 0.351 e. The van der Waals surface area contributed by atoms with Gasteiger partial charge in [0.05, 0.1) is 11.5 Å². The molecule has 0 radical (unpaired) electrons. The Kier molecular flexibility index (Phi) is 6.52. The van der Waals surface area contributed by atoms with E-state index in [2.05, 4.69) is 10.3 Å². The molecule has 8 heteroatoms. The second kappa shape index (κ2) is 8.42. The van der Waals surface area contributed by atoms with E-state index in [1.165, 1.54) is 4.90 Å². The van der Waals surface area contributed by atoms with Gasteiger partial charge in [-0.25, -0.2) is 13.4 Å². The number of carbonyl (C=O) groups excluding carboxylic acids is 2. The lowest BCUT2D eigenvalue weighted by atomic mass is 10.2. The molecule has 1 aliphatic rings. The van der Waals surface area contributed by atoms with E-state index in [0.29, 0.717) is 19.5 Å². The number of pyridine rings is 1. The van der Waals surface area contributed by atoms with E-state index >= 15 is 0 Å². The van der Waals surface area contributed by atoms with Gasteiger partial charge in [-0.15, -0.1) is 0 Å². The van der Waals surface area contributed by atoms with Gasteiger partial charge in [0, 0.05) is 19.1 Å². The van der Waals surface area contributed by atoms with Crippen molar-refractivity contribution in [2.24, 2.45) is 0 Å². The first-order valence-electron chi connectivity index (χ1n) is 8.64. The Morgan fingerprint density at radius 2 is 2.00 bits per heavy atom. The minimum absolute atomic E-state index is 0.0101. The summed E-state index contributed by atoms with van der Waals surface area (Å²) in [7, 11) is -3.08. The second-order valence-electron chi connectivity index (χ2n) is 6.17. The molecule has 0 bridgehead atoms. The molecule has 1 aromatic rings. The average molecular weight is 367 g/mol.